The van der Waals surface area contributed by atoms with Crippen LogP contribution in [-0.4, -0.2) is 10.1 Å². The lowest BCUT2D eigenvalue weighted by Gasteiger charge is -1.96. The van der Waals surface area contributed by atoms with Crippen LogP contribution in [-0.2, 0) is 6.18 Å². The molecule has 0 spiro atoms. The van der Waals surface area contributed by atoms with Crippen LogP contribution in [0.5, 0.6) is 0 Å². The third-order valence-electron chi connectivity index (χ3n) is 1.69. The number of halogens is 3. The second-order valence-corrected chi connectivity index (χ2v) is 3.51. The first kappa shape index (κ1) is 12.5. The Labute approximate surface area is 90.7 Å². The first-order chi connectivity index (χ1) is 7.30. The van der Waals surface area contributed by atoms with Crippen LogP contribution in [0.3, 0.4) is 0 Å². The SMILES string of the molecule is CC(C)=C/C=C(\C)c1noc(C(F)(F)F)n1. The van der Waals surface area contributed by atoms with E-state index in [0.717, 1.165) is 5.57 Å². The Morgan fingerprint density at radius 2 is 1.81 bits per heavy atom. The van der Waals surface area contributed by atoms with Gasteiger partial charge in [0, 0.05) is 0 Å². The Kier molecular flexibility index (Phi) is 3.51. The minimum absolute atomic E-state index is 0.0511. The monoisotopic (exact) mass is 232 g/mol. The molecule has 0 aromatic carbocycles. The van der Waals surface area contributed by atoms with E-state index < -0.39 is 12.1 Å². The highest BCUT2D eigenvalue weighted by Gasteiger charge is 2.38. The summed E-state index contributed by atoms with van der Waals surface area (Å²) < 4.78 is 40.6. The molecule has 0 fully saturated rings. The van der Waals surface area contributed by atoms with Gasteiger partial charge in [0.05, 0.1) is 0 Å². The summed E-state index contributed by atoms with van der Waals surface area (Å²) in [4.78, 5) is 3.26. The molecule has 0 bridgehead atoms. The topological polar surface area (TPSA) is 38.9 Å². The van der Waals surface area contributed by atoms with Crippen molar-refractivity contribution in [3.63, 3.8) is 0 Å². The van der Waals surface area contributed by atoms with E-state index in [1.54, 1.807) is 19.1 Å². The molecule has 1 rings (SSSR count). The Morgan fingerprint density at radius 3 is 2.25 bits per heavy atom. The van der Waals surface area contributed by atoms with Crippen LogP contribution in [0, 0.1) is 0 Å². The second-order valence-electron chi connectivity index (χ2n) is 3.51. The summed E-state index contributed by atoms with van der Waals surface area (Å²) in [6.07, 6.45) is -1.19. The van der Waals surface area contributed by atoms with Crippen molar-refractivity contribution in [1.29, 1.82) is 0 Å². The summed E-state index contributed by atoms with van der Waals surface area (Å²) in [5.41, 5.74) is 1.54. The first-order valence-electron chi connectivity index (χ1n) is 4.54. The lowest BCUT2D eigenvalue weighted by atomic mass is 10.2. The summed E-state index contributed by atoms with van der Waals surface area (Å²) in [6, 6.07) is 0. The predicted molar refractivity (Wildman–Crippen MR) is 52.4 cm³/mol. The van der Waals surface area contributed by atoms with E-state index in [2.05, 4.69) is 14.7 Å². The van der Waals surface area contributed by atoms with Crippen molar-refractivity contribution in [2.45, 2.75) is 26.9 Å². The number of aromatic nitrogens is 2. The van der Waals surface area contributed by atoms with Crippen LogP contribution in [0.4, 0.5) is 13.2 Å². The Bertz CT molecular complexity index is 426. The van der Waals surface area contributed by atoms with E-state index in [1.165, 1.54) is 0 Å². The fraction of sp³-hybridized carbons (Fsp3) is 0.400. The highest BCUT2D eigenvalue weighted by molar-refractivity contribution is 5.58. The molecule has 0 saturated heterocycles. The molecule has 0 unspecified atom stereocenters. The van der Waals surface area contributed by atoms with Crippen molar-refractivity contribution in [3.05, 3.63) is 29.4 Å². The summed E-state index contributed by atoms with van der Waals surface area (Å²) in [7, 11) is 0. The number of hydrogen-bond acceptors (Lipinski definition) is 3. The third kappa shape index (κ3) is 3.22. The van der Waals surface area contributed by atoms with Crippen LogP contribution in [0.2, 0.25) is 0 Å². The zero-order valence-electron chi connectivity index (χ0n) is 9.09. The van der Waals surface area contributed by atoms with Crippen LogP contribution in [0.1, 0.15) is 32.5 Å². The summed E-state index contributed by atoms with van der Waals surface area (Å²) >= 11 is 0. The fourth-order valence-corrected chi connectivity index (χ4v) is 0.865. The van der Waals surface area contributed by atoms with Gasteiger partial charge in [-0.05, 0) is 26.3 Å². The molecule has 1 aromatic heterocycles. The number of nitrogens with zero attached hydrogens (tertiary/aromatic N) is 2. The molecule has 16 heavy (non-hydrogen) atoms. The maximum absolute atomic E-state index is 12.2. The molecule has 0 aliphatic heterocycles. The minimum atomic E-state index is -4.60. The Hall–Kier alpha value is -1.59. The zero-order chi connectivity index (χ0) is 12.3. The molecular weight excluding hydrogens is 221 g/mol. The first-order valence-corrected chi connectivity index (χ1v) is 4.54. The average molecular weight is 232 g/mol. The van der Waals surface area contributed by atoms with E-state index in [-0.39, 0.29) is 5.82 Å². The molecule has 6 heteroatoms. The Morgan fingerprint density at radius 1 is 1.19 bits per heavy atom. The molecule has 0 saturated carbocycles. The molecule has 3 nitrogen and oxygen atoms in total. The van der Waals surface area contributed by atoms with Crippen molar-refractivity contribution < 1.29 is 17.7 Å². The van der Waals surface area contributed by atoms with Gasteiger partial charge in [0.1, 0.15) is 0 Å². The van der Waals surface area contributed by atoms with Crippen LogP contribution in [0.25, 0.3) is 5.57 Å². The lowest BCUT2D eigenvalue weighted by molar-refractivity contribution is -0.159. The summed E-state index contributed by atoms with van der Waals surface area (Å²) in [5, 5.41) is 3.26. The zero-order valence-corrected chi connectivity index (χ0v) is 9.09. The molecule has 0 amide bonds. The van der Waals surface area contributed by atoms with Crippen LogP contribution < -0.4 is 0 Å². The average Bonchev–Trinajstić information content (AvgIpc) is 2.61. The lowest BCUT2D eigenvalue weighted by Crippen LogP contribution is -2.05. The van der Waals surface area contributed by atoms with Gasteiger partial charge in [-0.25, -0.2) is 0 Å². The van der Waals surface area contributed by atoms with Gasteiger partial charge in [0.25, 0.3) is 0 Å². The maximum Gasteiger partial charge on any atom is 0.471 e. The normalized spacial score (nSPS) is 12.8. The van der Waals surface area contributed by atoms with Gasteiger partial charge in [0.15, 0.2) is 5.82 Å². The maximum atomic E-state index is 12.2. The van der Waals surface area contributed by atoms with Crippen molar-refractivity contribution >= 4 is 5.57 Å². The summed E-state index contributed by atoms with van der Waals surface area (Å²) in [6.45, 7) is 5.37. The smallest absolute Gasteiger partial charge is 0.329 e. The van der Waals surface area contributed by atoms with Gasteiger partial charge < -0.3 is 4.52 Å². The molecule has 0 radical (unpaired) electrons. The highest BCUT2D eigenvalue weighted by atomic mass is 19.4. The van der Waals surface area contributed by atoms with Gasteiger partial charge in [0.2, 0.25) is 0 Å². The number of alkyl halides is 3. The van der Waals surface area contributed by atoms with Gasteiger partial charge in [-0.2, -0.15) is 18.2 Å². The largest absolute Gasteiger partial charge is 0.471 e. The number of rotatable bonds is 2. The molecule has 0 aliphatic rings. The minimum Gasteiger partial charge on any atom is -0.329 e. The van der Waals surface area contributed by atoms with Gasteiger partial charge in [-0.3, -0.25) is 0 Å². The molecule has 0 atom stereocenters. The van der Waals surface area contributed by atoms with E-state index in [4.69, 9.17) is 0 Å². The second kappa shape index (κ2) is 4.51. The van der Waals surface area contributed by atoms with Gasteiger partial charge >= 0.3 is 12.1 Å². The molecule has 1 heterocycles. The molecule has 88 valence electrons. The number of allylic oxidation sites excluding steroid dienone is 4. The standard InChI is InChI=1S/C10H11F3N2O/c1-6(2)4-5-7(3)8-14-9(16-15-8)10(11,12)13/h4-5H,1-3H3/b7-5+. The fourth-order valence-electron chi connectivity index (χ4n) is 0.865. The quantitative estimate of drug-likeness (QED) is 0.733. The van der Waals surface area contributed by atoms with Crippen molar-refractivity contribution in [2.24, 2.45) is 0 Å². The molecule has 1 aromatic rings. The van der Waals surface area contributed by atoms with E-state index in [1.807, 2.05) is 13.8 Å². The Balaban J connectivity index is 2.95. The van der Waals surface area contributed by atoms with Crippen LogP contribution in [0.15, 0.2) is 22.2 Å². The van der Waals surface area contributed by atoms with E-state index >= 15 is 0 Å². The van der Waals surface area contributed by atoms with Crippen LogP contribution >= 0.6 is 0 Å². The van der Waals surface area contributed by atoms with Gasteiger partial charge in [-0.15, -0.1) is 0 Å². The number of hydrogen-bond donors (Lipinski definition) is 0. The molecular formula is C10H11F3N2O. The third-order valence-corrected chi connectivity index (χ3v) is 1.69. The molecule has 0 aliphatic carbocycles. The van der Waals surface area contributed by atoms with Crippen molar-refractivity contribution in [2.75, 3.05) is 0 Å². The van der Waals surface area contributed by atoms with E-state index in [9.17, 15) is 13.2 Å². The van der Waals surface area contributed by atoms with Crippen molar-refractivity contribution in [1.82, 2.24) is 10.1 Å². The molecule has 0 N–H and O–H groups in total. The predicted octanol–water partition coefficient (Wildman–Crippen LogP) is 3.46. The van der Waals surface area contributed by atoms with E-state index in [0.29, 0.717) is 5.57 Å². The summed E-state index contributed by atoms with van der Waals surface area (Å²) in [5.74, 6) is -1.38. The highest BCUT2D eigenvalue weighted by Crippen LogP contribution is 2.28. The van der Waals surface area contributed by atoms with Crippen molar-refractivity contribution in [3.8, 4) is 0 Å². The van der Waals surface area contributed by atoms with Gasteiger partial charge in [-0.1, -0.05) is 22.9 Å².